The molecule has 0 unspecified atom stereocenters. The molecule has 0 amide bonds. The fraction of sp³-hybridized carbons (Fsp3) is 1.00. The zero-order valence-corrected chi connectivity index (χ0v) is 11.9. The van der Waals surface area contributed by atoms with Crippen molar-refractivity contribution >= 4 is 10.2 Å². The summed E-state index contributed by atoms with van der Waals surface area (Å²) >= 11 is 0. The quantitative estimate of drug-likeness (QED) is 0.771. The lowest BCUT2D eigenvalue weighted by molar-refractivity contribution is 0.157. The average molecular weight is 263 g/mol. The molecule has 0 saturated heterocycles. The van der Waals surface area contributed by atoms with E-state index in [1.807, 2.05) is 13.8 Å². The predicted octanol–water partition coefficient (Wildman–Crippen LogP) is 0.823. The normalized spacial score (nSPS) is 21.1. The van der Waals surface area contributed by atoms with Crippen LogP contribution in [-0.4, -0.2) is 37.9 Å². The van der Waals surface area contributed by atoms with Gasteiger partial charge in [-0.1, -0.05) is 19.3 Å². The van der Waals surface area contributed by atoms with Gasteiger partial charge in [-0.3, -0.25) is 0 Å². The molecule has 0 spiro atoms. The second-order valence-electron chi connectivity index (χ2n) is 5.23. The summed E-state index contributed by atoms with van der Waals surface area (Å²) in [6, 6.07) is -0.0964. The van der Waals surface area contributed by atoms with Gasteiger partial charge in [0.1, 0.15) is 0 Å². The van der Waals surface area contributed by atoms with Crippen LogP contribution in [0.4, 0.5) is 0 Å². The highest BCUT2D eigenvalue weighted by molar-refractivity contribution is 7.87. The maximum atomic E-state index is 12.2. The Labute approximate surface area is 105 Å². The van der Waals surface area contributed by atoms with Gasteiger partial charge in [0.15, 0.2) is 0 Å². The molecule has 1 aliphatic carbocycles. The molecule has 0 heterocycles. The fourth-order valence-electron chi connectivity index (χ4n) is 2.49. The second-order valence-corrected chi connectivity index (χ2v) is 6.97. The van der Waals surface area contributed by atoms with E-state index in [1.165, 1.54) is 10.7 Å². The summed E-state index contributed by atoms with van der Waals surface area (Å²) in [7, 11) is -1.78. The van der Waals surface area contributed by atoms with Gasteiger partial charge in [0.25, 0.3) is 10.2 Å². The Morgan fingerprint density at radius 1 is 1.29 bits per heavy atom. The van der Waals surface area contributed by atoms with Gasteiger partial charge in [-0.05, 0) is 26.7 Å². The third-order valence-electron chi connectivity index (χ3n) is 3.58. The maximum Gasteiger partial charge on any atom is 0.279 e. The molecule has 1 rings (SSSR count). The first-order valence-electron chi connectivity index (χ1n) is 6.30. The molecular weight excluding hydrogens is 238 g/mol. The van der Waals surface area contributed by atoms with Crippen molar-refractivity contribution in [2.75, 3.05) is 13.6 Å². The summed E-state index contributed by atoms with van der Waals surface area (Å²) in [6.45, 7) is 4.03. The average Bonchev–Trinajstić information content (AvgIpc) is 2.27. The van der Waals surface area contributed by atoms with Gasteiger partial charge in [-0.2, -0.15) is 17.4 Å². The number of nitrogens with one attached hydrogen (secondary N) is 1. The summed E-state index contributed by atoms with van der Waals surface area (Å²) < 4.78 is 28.4. The number of hydrogen-bond donors (Lipinski definition) is 2. The van der Waals surface area contributed by atoms with Gasteiger partial charge in [0, 0.05) is 25.2 Å². The molecule has 0 aromatic heterocycles. The van der Waals surface area contributed by atoms with Crippen molar-refractivity contribution in [1.82, 2.24) is 9.03 Å². The van der Waals surface area contributed by atoms with Crippen LogP contribution in [0.2, 0.25) is 0 Å². The minimum Gasteiger partial charge on any atom is -0.329 e. The molecule has 0 aromatic rings. The van der Waals surface area contributed by atoms with Crippen molar-refractivity contribution in [3.8, 4) is 0 Å². The molecule has 0 bridgehead atoms. The fourth-order valence-corrected chi connectivity index (χ4v) is 4.01. The van der Waals surface area contributed by atoms with E-state index < -0.39 is 10.2 Å². The molecule has 102 valence electrons. The van der Waals surface area contributed by atoms with Gasteiger partial charge >= 0.3 is 0 Å². The van der Waals surface area contributed by atoms with Crippen LogP contribution in [0.3, 0.4) is 0 Å². The highest BCUT2D eigenvalue weighted by Crippen LogP contribution is 2.33. The smallest absolute Gasteiger partial charge is 0.279 e. The van der Waals surface area contributed by atoms with Gasteiger partial charge in [-0.25, -0.2) is 0 Å². The van der Waals surface area contributed by atoms with Gasteiger partial charge < -0.3 is 5.73 Å². The highest BCUT2D eigenvalue weighted by atomic mass is 32.2. The highest BCUT2D eigenvalue weighted by Gasteiger charge is 2.40. The van der Waals surface area contributed by atoms with Crippen LogP contribution in [-0.2, 0) is 10.2 Å². The van der Waals surface area contributed by atoms with Crippen LogP contribution >= 0.6 is 0 Å². The monoisotopic (exact) mass is 263 g/mol. The Morgan fingerprint density at radius 3 is 2.24 bits per heavy atom. The van der Waals surface area contributed by atoms with E-state index in [0.717, 1.165) is 25.7 Å². The number of hydrogen-bond acceptors (Lipinski definition) is 3. The van der Waals surface area contributed by atoms with E-state index in [1.54, 1.807) is 7.05 Å². The molecule has 0 radical (unpaired) electrons. The zero-order valence-electron chi connectivity index (χ0n) is 11.1. The lowest BCUT2D eigenvalue weighted by Gasteiger charge is -2.43. The first-order valence-corrected chi connectivity index (χ1v) is 7.74. The van der Waals surface area contributed by atoms with E-state index in [-0.39, 0.29) is 11.6 Å². The minimum absolute atomic E-state index is 0.0964. The van der Waals surface area contributed by atoms with E-state index in [4.69, 9.17) is 5.73 Å². The molecular formula is C11H25N3O2S. The second kappa shape index (κ2) is 5.65. The summed E-state index contributed by atoms with van der Waals surface area (Å²) in [5.41, 5.74) is 5.44. The number of rotatable bonds is 5. The standard InChI is InChI=1S/C11H25N3O2S/c1-10(2)13-17(15,16)14(3)11(9-12)7-5-4-6-8-11/h10,13H,4-9,12H2,1-3H3. The van der Waals surface area contributed by atoms with Gasteiger partial charge in [-0.15, -0.1) is 0 Å². The van der Waals surface area contributed by atoms with Crippen molar-refractivity contribution in [1.29, 1.82) is 0 Å². The molecule has 3 N–H and O–H groups in total. The number of nitrogens with zero attached hydrogens (tertiary/aromatic N) is 1. The van der Waals surface area contributed by atoms with Crippen LogP contribution in [0.25, 0.3) is 0 Å². The molecule has 0 atom stereocenters. The van der Waals surface area contributed by atoms with Crippen molar-refractivity contribution in [3.63, 3.8) is 0 Å². The van der Waals surface area contributed by atoms with Gasteiger partial charge in [0.2, 0.25) is 0 Å². The van der Waals surface area contributed by atoms with Crippen LogP contribution in [0.5, 0.6) is 0 Å². The topological polar surface area (TPSA) is 75.4 Å². The maximum absolute atomic E-state index is 12.2. The molecule has 1 fully saturated rings. The Kier molecular flexibility index (Phi) is 4.95. The third-order valence-corrected chi connectivity index (χ3v) is 5.46. The molecule has 6 heteroatoms. The first kappa shape index (κ1) is 14.9. The minimum atomic E-state index is -3.43. The lowest BCUT2D eigenvalue weighted by atomic mass is 9.82. The van der Waals surface area contributed by atoms with Crippen molar-refractivity contribution in [2.24, 2.45) is 5.73 Å². The summed E-state index contributed by atoms with van der Waals surface area (Å²) in [5, 5.41) is 0. The third kappa shape index (κ3) is 3.40. The number of likely N-dealkylation sites (N-methyl/N-ethyl adjacent to an activating group) is 1. The molecule has 0 aliphatic heterocycles. The van der Waals surface area contributed by atoms with Crippen LogP contribution in [0, 0.1) is 0 Å². The lowest BCUT2D eigenvalue weighted by Crippen LogP contribution is -2.58. The van der Waals surface area contributed by atoms with E-state index in [0.29, 0.717) is 6.54 Å². The van der Waals surface area contributed by atoms with Crippen LogP contribution in [0.1, 0.15) is 46.0 Å². The Morgan fingerprint density at radius 2 is 1.82 bits per heavy atom. The Balaban J connectivity index is 2.88. The summed E-state index contributed by atoms with van der Waals surface area (Å²) in [6.07, 6.45) is 5.00. The van der Waals surface area contributed by atoms with Crippen molar-refractivity contribution in [3.05, 3.63) is 0 Å². The molecule has 1 aliphatic rings. The van der Waals surface area contributed by atoms with E-state index >= 15 is 0 Å². The molecule has 1 saturated carbocycles. The predicted molar refractivity (Wildman–Crippen MR) is 69.8 cm³/mol. The number of nitrogens with two attached hydrogens (primary N) is 1. The molecule has 0 aromatic carbocycles. The molecule has 5 nitrogen and oxygen atoms in total. The van der Waals surface area contributed by atoms with E-state index in [9.17, 15) is 8.42 Å². The Hall–Kier alpha value is -0.170. The van der Waals surface area contributed by atoms with Crippen LogP contribution in [0.15, 0.2) is 0 Å². The largest absolute Gasteiger partial charge is 0.329 e. The Bertz CT molecular complexity index is 335. The van der Waals surface area contributed by atoms with E-state index in [2.05, 4.69) is 4.72 Å². The molecule has 17 heavy (non-hydrogen) atoms. The summed E-state index contributed by atoms with van der Waals surface area (Å²) in [5.74, 6) is 0. The van der Waals surface area contributed by atoms with Gasteiger partial charge in [0.05, 0.1) is 0 Å². The van der Waals surface area contributed by atoms with Crippen molar-refractivity contribution in [2.45, 2.75) is 57.5 Å². The van der Waals surface area contributed by atoms with Crippen molar-refractivity contribution < 1.29 is 8.42 Å². The van der Waals surface area contributed by atoms with Crippen LogP contribution < -0.4 is 10.5 Å². The first-order chi connectivity index (χ1) is 7.84. The SMILES string of the molecule is CC(C)NS(=O)(=O)N(C)C1(CN)CCCCC1. The summed E-state index contributed by atoms with van der Waals surface area (Å²) in [4.78, 5) is 0. The zero-order chi connectivity index (χ0) is 13.1.